The van der Waals surface area contributed by atoms with Crippen LogP contribution in [0, 0.1) is 0 Å². The monoisotopic (exact) mass is 398 g/mol. The van der Waals surface area contributed by atoms with E-state index >= 15 is 0 Å². The summed E-state index contributed by atoms with van der Waals surface area (Å²) in [6, 6.07) is 8.48. The normalized spacial score (nSPS) is 12.4. The molecule has 0 spiro atoms. The van der Waals surface area contributed by atoms with E-state index in [2.05, 4.69) is 10.6 Å². The molecule has 27 heavy (non-hydrogen) atoms. The molecule has 8 heteroatoms. The van der Waals surface area contributed by atoms with Gasteiger partial charge in [-0.05, 0) is 55.8 Å². The molecule has 1 atom stereocenters. The van der Waals surface area contributed by atoms with Gasteiger partial charge in [-0.25, -0.2) is 0 Å². The number of amides is 2. The Hall–Kier alpha value is -2.54. The first-order valence-corrected chi connectivity index (χ1v) is 8.58. The molecular formula is C19H18ClF3N2O2. The van der Waals surface area contributed by atoms with Gasteiger partial charge in [0, 0.05) is 17.2 Å². The number of anilines is 1. The second-order valence-electron chi connectivity index (χ2n) is 6.01. The van der Waals surface area contributed by atoms with Gasteiger partial charge in [-0.2, -0.15) is 13.2 Å². The number of carbonyl (C=O) groups is 2. The molecule has 0 radical (unpaired) electrons. The number of carbonyl (C=O) groups excluding carboxylic acids is 2. The fourth-order valence-electron chi connectivity index (χ4n) is 2.17. The number of hydrogen-bond donors (Lipinski definition) is 2. The minimum Gasteiger partial charge on any atom is -0.350 e. The van der Waals surface area contributed by atoms with E-state index in [1.807, 2.05) is 13.8 Å². The summed E-state index contributed by atoms with van der Waals surface area (Å²) in [7, 11) is 0. The summed E-state index contributed by atoms with van der Waals surface area (Å²) in [6.45, 7) is 3.82. The van der Waals surface area contributed by atoms with E-state index in [-0.39, 0.29) is 28.2 Å². The highest BCUT2D eigenvalue weighted by Gasteiger charge is 2.31. The summed E-state index contributed by atoms with van der Waals surface area (Å²) in [4.78, 5) is 24.3. The third-order valence-electron chi connectivity index (χ3n) is 3.94. The molecule has 0 bridgehead atoms. The molecule has 144 valence electrons. The maximum Gasteiger partial charge on any atom is 0.416 e. The zero-order chi connectivity index (χ0) is 20.2. The van der Waals surface area contributed by atoms with Gasteiger partial charge in [0.05, 0.1) is 16.3 Å². The van der Waals surface area contributed by atoms with E-state index in [0.717, 1.165) is 24.6 Å². The molecule has 0 fully saturated rings. The van der Waals surface area contributed by atoms with Crippen LogP contribution < -0.4 is 10.6 Å². The largest absolute Gasteiger partial charge is 0.416 e. The first-order valence-electron chi connectivity index (χ1n) is 8.20. The molecule has 0 saturated heterocycles. The number of rotatable bonds is 5. The first-order chi connectivity index (χ1) is 12.6. The molecule has 0 aliphatic carbocycles. The SMILES string of the molecule is CCC(C)NC(=O)c1ccc(C(=O)Nc2cc(C(F)(F)F)ccc2Cl)cc1. The fourth-order valence-corrected chi connectivity index (χ4v) is 2.34. The molecule has 0 heterocycles. The van der Waals surface area contributed by atoms with Gasteiger partial charge in [-0.3, -0.25) is 9.59 Å². The van der Waals surface area contributed by atoms with Crippen LogP contribution in [0.2, 0.25) is 5.02 Å². The third kappa shape index (κ3) is 5.47. The predicted octanol–water partition coefficient (Wildman–Crippen LogP) is 5.14. The Bertz CT molecular complexity index is 836. The average molecular weight is 399 g/mol. The van der Waals surface area contributed by atoms with Crippen molar-refractivity contribution in [2.24, 2.45) is 0 Å². The predicted molar refractivity (Wildman–Crippen MR) is 98.1 cm³/mol. The zero-order valence-corrected chi connectivity index (χ0v) is 15.4. The second kappa shape index (κ2) is 8.43. The Morgan fingerprint density at radius 3 is 2.11 bits per heavy atom. The lowest BCUT2D eigenvalue weighted by atomic mass is 10.1. The number of halogens is 4. The number of benzene rings is 2. The molecule has 2 aromatic rings. The van der Waals surface area contributed by atoms with Crippen LogP contribution in [-0.4, -0.2) is 17.9 Å². The summed E-state index contributed by atoms with van der Waals surface area (Å²) < 4.78 is 38.4. The molecule has 0 aromatic heterocycles. The van der Waals surface area contributed by atoms with Crippen molar-refractivity contribution < 1.29 is 22.8 Å². The van der Waals surface area contributed by atoms with Crippen molar-refractivity contribution in [3.05, 3.63) is 64.2 Å². The summed E-state index contributed by atoms with van der Waals surface area (Å²) in [5.41, 5.74) is -0.498. The van der Waals surface area contributed by atoms with Gasteiger partial charge in [0.25, 0.3) is 11.8 Å². The topological polar surface area (TPSA) is 58.2 Å². The van der Waals surface area contributed by atoms with Crippen LogP contribution in [0.15, 0.2) is 42.5 Å². The molecule has 0 aliphatic rings. The van der Waals surface area contributed by atoms with E-state index in [1.165, 1.54) is 24.3 Å². The van der Waals surface area contributed by atoms with Gasteiger partial charge >= 0.3 is 6.18 Å². The summed E-state index contributed by atoms with van der Waals surface area (Å²) >= 11 is 5.87. The molecule has 0 saturated carbocycles. The van der Waals surface area contributed by atoms with Crippen LogP contribution in [0.5, 0.6) is 0 Å². The molecule has 0 aliphatic heterocycles. The Morgan fingerprint density at radius 1 is 1.04 bits per heavy atom. The lowest BCUT2D eigenvalue weighted by Crippen LogP contribution is -2.31. The molecule has 2 aromatic carbocycles. The molecule has 1 unspecified atom stereocenters. The smallest absolute Gasteiger partial charge is 0.350 e. The van der Waals surface area contributed by atoms with Crippen LogP contribution in [0.4, 0.5) is 18.9 Å². The van der Waals surface area contributed by atoms with E-state index in [4.69, 9.17) is 11.6 Å². The van der Waals surface area contributed by atoms with Crippen LogP contribution in [0.3, 0.4) is 0 Å². The second-order valence-corrected chi connectivity index (χ2v) is 6.41. The summed E-state index contributed by atoms with van der Waals surface area (Å²) in [5.74, 6) is -0.901. The third-order valence-corrected chi connectivity index (χ3v) is 4.27. The number of hydrogen-bond acceptors (Lipinski definition) is 2. The van der Waals surface area contributed by atoms with Crippen LogP contribution in [0.1, 0.15) is 46.5 Å². The van der Waals surface area contributed by atoms with Crippen molar-refractivity contribution in [2.75, 3.05) is 5.32 Å². The van der Waals surface area contributed by atoms with Crippen molar-refractivity contribution >= 4 is 29.1 Å². The maximum absolute atomic E-state index is 12.8. The summed E-state index contributed by atoms with van der Waals surface area (Å²) in [5, 5.41) is 5.14. The first kappa shape index (κ1) is 20.8. The minimum atomic E-state index is -4.55. The van der Waals surface area contributed by atoms with Crippen molar-refractivity contribution in [1.29, 1.82) is 0 Å². The Kier molecular flexibility index (Phi) is 6.49. The highest BCUT2D eigenvalue weighted by Crippen LogP contribution is 2.34. The lowest BCUT2D eigenvalue weighted by molar-refractivity contribution is -0.137. The standard InChI is InChI=1S/C19H18ClF3N2O2/c1-3-11(2)24-17(26)12-4-6-13(7-5-12)18(27)25-16-10-14(19(21,22)23)8-9-15(16)20/h4-11H,3H2,1-2H3,(H,24,26)(H,25,27). The van der Waals surface area contributed by atoms with E-state index in [9.17, 15) is 22.8 Å². The van der Waals surface area contributed by atoms with Gasteiger partial charge in [-0.1, -0.05) is 18.5 Å². The molecule has 2 N–H and O–H groups in total. The van der Waals surface area contributed by atoms with Crippen LogP contribution in [0.25, 0.3) is 0 Å². The fraction of sp³-hybridized carbons (Fsp3) is 0.263. The van der Waals surface area contributed by atoms with Crippen molar-refractivity contribution in [2.45, 2.75) is 32.5 Å². The highest BCUT2D eigenvalue weighted by molar-refractivity contribution is 6.34. The van der Waals surface area contributed by atoms with Gasteiger partial charge < -0.3 is 10.6 Å². The van der Waals surface area contributed by atoms with Crippen LogP contribution >= 0.6 is 11.6 Å². The molecule has 2 amide bonds. The Labute approximate surface area is 159 Å². The quantitative estimate of drug-likeness (QED) is 0.732. The Morgan fingerprint density at radius 2 is 1.59 bits per heavy atom. The molecule has 4 nitrogen and oxygen atoms in total. The van der Waals surface area contributed by atoms with E-state index in [1.54, 1.807) is 0 Å². The number of nitrogens with one attached hydrogen (secondary N) is 2. The van der Waals surface area contributed by atoms with Gasteiger partial charge in [0.15, 0.2) is 0 Å². The Balaban J connectivity index is 2.14. The highest BCUT2D eigenvalue weighted by atomic mass is 35.5. The zero-order valence-electron chi connectivity index (χ0n) is 14.7. The van der Waals surface area contributed by atoms with Crippen molar-refractivity contribution in [3.63, 3.8) is 0 Å². The van der Waals surface area contributed by atoms with Crippen molar-refractivity contribution in [1.82, 2.24) is 5.32 Å². The average Bonchev–Trinajstić information content (AvgIpc) is 2.62. The summed E-state index contributed by atoms with van der Waals surface area (Å²) in [6.07, 6.45) is -3.77. The van der Waals surface area contributed by atoms with Crippen molar-refractivity contribution in [3.8, 4) is 0 Å². The van der Waals surface area contributed by atoms with E-state index < -0.39 is 17.6 Å². The molecular weight excluding hydrogens is 381 g/mol. The number of alkyl halides is 3. The minimum absolute atomic E-state index is 0.0131. The van der Waals surface area contributed by atoms with Gasteiger partial charge in [0.2, 0.25) is 0 Å². The maximum atomic E-state index is 12.8. The van der Waals surface area contributed by atoms with Gasteiger partial charge in [-0.15, -0.1) is 0 Å². The lowest BCUT2D eigenvalue weighted by Gasteiger charge is -2.13. The molecule has 2 rings (SSSR count). The van der Waals surface area contributed by atoms with Gasteiger partial charge in [0.1, 0.15) is 0 Å². The van der Waals surface area contributed by atoms with E-state index in [0.29, 0.717) is 5.56 Å². The van der Waals surface area contributed by atoms with Crippen LogP contribution in [-0.2, 0) is 6.18 Å².